The molecule has 2 aromatic rings. The summed E-state index contributed by atoms with van der Waals surface area (Å²) >= 11 is 0. The normalized spacial score (nSPS) is 19.0. The molecule has 0 saturated heterocycles. The van der Waals surface area contributed by atoms with Crippen molar-refractivity contribution >= 4 is 5.82 Å². The first kappa shape index (κ1) is 12.7. The van der Waals surface area contributed by atoms with Gasteiger partial charge in [-0.3, -0.25) is 0 Å². The molecule has 0 radical (unpaired) electrons. The van der Waals surface area contributed by atoms with Crippen LogP contribution in [0.1, 0.15) is 38.1 Å². The number of ether oxygens (including phenoxy) is 1. The van der Waals surface area contributed by atoms with E-state index in [4.69, 9.17) is 15.5 Å². The molecule has 0 aliphatic carbocycles. The lowest BCUT2D eigenvalue weighted by atomic mass is 10.00. The van der Waals surface area contributed by atoms with E-state index in [0.29, 0.717) is 0 Å². The summed E-state index contributed by atoms with van der Waals surface area (Å²) in [6, 6.07) is 6.29. The zero-order valence-corrected chi connectivity index (χ0v) is 12.6. The lowest BCUT2D eigenvalue weighted by Crippen LogP contribution is -2.24. The highest BCUT2D eigenvalue weighted by molar-refractivity contribution is 5.78. The Bertz CT molecular complexity index is 715. The van der Waals surface area contributed by atoms with Crippen molar-refractivity contribution in [2.24, 2.45) is 0 Å². The SMILES string of the molecule is CC1(C)Cc2cccc(-c3nc4n(c3N)CCCC4)c2O1. The molecule has 0 fully saturated rings. The van der Waals surface area contributed by atoms with Crippen molar-refractivity contribution in [3.63, 3.8) is 0 Å². The molecule has 3 heterocycles. The van der Waals surface area contributed by atoms with Crippen LogP contribution in [0.2, 0.25) is 0 Å². The van der Waals surface area contributed by atoms with Crippen LogP contribution in [0.5, 0.6) is 5.75 Å². The van der Waals surface area contributed by atoms with Crippen molar-refractivity contribution in [1.82, 2.24) is 9.55 Å². The van der Waals surface area contributed by atoms with Crippen molar-refractivity contribution in [1.29, 1.82) is 0 Å². The zero-order valence-electron chi connectivity index (χ0n) is 12.6. The molecule has 0 amide bonds. The second kappa shape index (κ2) is 4.26. The number of nitrogens with two attached hydrogens (primary N) is 1. The summed E-state index contributed by atoms with van der Waals surface area (Å²) in [7, 11) is 0. The molecule has 0 atom stereocenters. The number of hydrogen-bond acceptors (Lipinski definition) is 3. The van der Waals surface area contributed by atoms with Crippen molar-refractivity contribution in [2.45, 2.75) is 51.7 Å². The highest BCUT2D eigenvalue weighted by atomic mass is 16.5. The molecule has 0 unspecified atom stereocenters. The highest BCUT2D eigenvalue weighted by Crippen LogP contribution is 2.43. The first-order chi connectivity index (χ1) is 10.1. The van der Waals surface area contributed by atoms with E-state index in [-0.39, 0.29) is 5.60 Å². The number of aryl methyl sites for hydroxylation is 1. The Balaban J connectivity index is 1.86. The molecule has 2 N–H and O–H groups in total. The summed E-state index contributed by atoms with van der Waals surface area (Å²) in [5, 5.41) is 0. The van der Waals surface area contributed by atoms with Gasteiger partial charge in [0.15, 0.2) is 0 Å². The molecule has 1 aromatic heterocycles. The van der Waals surface area contributed by atoms with Gasteiger partial charge in [-0.1, -0.05) is 12.1 Å². The van der Waals surface area contributed by atoms with E-state index in [1.54, 1.807) is 0 Å². The minimum absolute atomic E-state index is 0.146. The van der Waals surface area contributed by atoms with Crippen molar-refractivity contribution < 1.29 is 4.74 Å². The Kier molecular flexibility index (Phi) is 2.59. The van der Waals surface area contributed by atoms with Crippen molar-refractivity contribution in [3.05, 3.63) is 29.6 Å². The van der Waals surface area contributed by atoms with Gasteiger partial charge >= 0.3 is 0 Å². The Morgan fingerprint density at radius 3 is 2.95 bits per heavy atom. The molecule has 4 heteroatoms. The van der Waals surface area contributed by atoms with Crippen LogP contribution in [0.4, 0.5) is 5.82 Å². The number of aromatic nitrogens is 2. The maximum Gasteiger partial charge on any atom is 0.133 e. The molecular formula is C17H21N3O. The second-order valence-corrected chi connectivity index (χ2v) is 6.70. The minimum atomic E-state index is -0.146. The fraction of sp³-hybridized carbons (Fsp3) is 0.471. The fourth-order valence-electron chi connectivity index (χ4n) is 3.51. The van der Waals surface area contributed by atoms with E-state index in [1.807, 2.05) is 0 Å². The smallest absolute Gasteiger partial charge is 0.133 e. The summed E-state index contributed by atoms with van der Waals surface area (Å²) in [6.07, 6.45) is 4.34. The number of nitrogens with zero attached hydrogens (tertiary/aromatic N) is 2. The van der Waals surface area contributed by atoms with Crippen LogP contribution in [0.15, 0.2) is 18.2 Å². The van der Waals surface area contributed by atoms with Gasteiger partial charge in [0.2, 0.25) is 0 Å². The average Bonchev–Trinajstić information content (AvgIpc) is 2.94. The first-order valence-corrected chi connectivity index (χ1v) is 7.71. The van der Waals surface area contributed by atoms with E-state index in [0.717, 1.165) is 48.0 Å². The number of para-hydroxylation sites is 1. The third-order valence-electron chi connectivity index (χ3n) is 4.46. The number of imidazole rings is 1. The Hall–Kier alpha value is -1.97. The molecular weight excluding hydrogens is 262 g/mol. The third kappa shape index (κ3) is 1.93. The van der Waals surface area contributed by atoms with Gasteiger partial charge in [0.05, 0.1) is 0 Å². The van der Waals surface area contributed by atoms with E-state index in [2.05, 4.69) is 36.6 Å². The largest absolute Gasteiger partial charge is 0.487 e. The summed E-state index contributed by atoms with van der Waals surface area (Å²) < 4.78 is 8.33. The number of rotatable bonds is 1. The predicted molar refractivity (Wildman–Crippen MR) is 83.4 cm³/mol. The molecule has 4 nitrogen and oxygen atoms in total. The van der Waals surface area contributed by atoms with Gasteiger partial charge in [0, 0.05) is 24.9 Å². The average molecular weight is 283 g/mol. The number of nitrogen functional groups attached to an aromatic ring is 1. The lowest BCUT2D eigenvalue weighted by Gasteiger charge is -2.18. The van der Waals surface area contributed by atoms with Crippen LogP contribution in [-0.4, -0.2) is 15.2 Å². The summed E-state index contributed by atoms with van der Waals surface area (Å²) in [5.74, 6) is 2.86. The number of fused-ring (bicyclic) bond motifs is 2. The second-order valence-electron chi connectivity index (χ2n) is 6.70. The summed E-state index contributed by atoms with van der Waals surface area (Å²) in [5.41, 5.74) is 9.40. The van der Waals surface area contributed by atoms with Crippen molar-refractivity contribution in [2.75, 3.05) is 5.73 Å². The summed E-state index contributed by atoms with van der Waals surface area (Å²) in [6.45, 7) is 5.23. The molecule has 0 saturated carbocycles. The maximum atomic E-state index is 6.36. The topological polar surface area (TPSA) is 53.1 Å². The quantitative estimate of drug-likeness (QED) is 0.874. The van der Waals surface area contributed by atoms with Gasteiger partial charge in [0.1, 0.15) is 28.7 Å². The van der Waals surface area contributed by atoms with Crippen LogP contribution in [0.3, 0.4) is 0 Å². The Morgan fingerprint density at radius 2 is 2.14 bits per heavy atom. The molecule has 4 rings (SSSR count). The molecule has 1 aromatic carbocycles. The molecule has 2 aliphatic heterocycles. The predicted octanol–water partition coefficient (Wildman–Crippen LogP) is 3.18. The molecule has 0 bridgehead atoms. The highest BCUT2D eigenvalue weighted by Gasteiger charge is 2.33. The van der Waals surface area contributed by atoms with Gasteiger partial charge in [-0.15, -0.1) is 0 Å². The van der Waals surface area contributed by atoms with E-state index in [9.17, 15) is 0 Å². The van der Waals surface area contributed by atoms with Gasteiger partial charge in [-0.05, 0) is 38.3 Å². The van der Waals surface area contributed by atoms with Crippen LogP contribution in [0.25, 0.3) is 11.3 Å². The van der Waals surface area contributed by atoms with Gasteiger partial charge in [0.25, 0.3) is 0 Å². The van der Waals surface area contributed by atoms with Crippen molar-refractivity contribution in [3.8, 4) is 17.0 Å². The Morgan fingerprint density at radius 1 is 1.29 bits per heavy atom. The van der Waals surface area contributed by atoms with Crippen LogP contribution in [0, 0.1) is 0 Å². The number of benzene rings is 1. The minimum Gasteiger partial charge on any atom is -0.487 e. The van der Waals surface area contributed by atoms with Crippen LogP contribution < -0.4 is 10.5 Å². The first-order valence-electron chi connectivity index (χ1n) is 7.71. The molecule has 21 heavy (non-hydrogen) atoms. The van der Waals surface area contributed by atoms with Crippen LogP contribution >= 0.6 is 0 Å². The molecule has 2 aliphatic rings. The maximum absolute atomic E-state index is 6.36. The Labute approximate surface area is 124 Å². The molecule has 110 valence electrons. The molecule has 0 spiro atoms. The van der Waals surface area contributed by atoms with E-state index >= 15 is 0 Å². The van der Waals surface area contributed by atoms with E-state index in [1.165, 1.54) is 18.4 Å². The van der Waals surface area contributed by atoms with E-state index < -0.39 is 0 Å². The number of hydrogen-bond donors (Lipinski definition) is 1. The fourth-order valence-corrected chi connectivity index (χ4v) is 3.51. The monoisotopic (exact) mass is 283 g/mol. The standard InChI is InChI=1S/C17H21N3O/c1-17(2)10-11-6-5-7-12(15(11)21-17)14-16(18)20-9-4-3-8-13(20)19-14/h5-7H,3-4,8-10,18H2,1-2H3. The van der Waals surface area contributed by atoms with Gasteiger partial charge in [-0.2, -0.15) is 0 Å². The van der Waals surface area contributed by atoms with Gasteiger partial charge in [-0.25, -0.2) is 4.98 Å². The zero-order chi connectivity index (χ0) is 14.6. The summed E-state index contributed by atoms with van der Waals surface area (Å²) in [4.78, 5) is 4.80. The number of anilines is 1. The third-order valence-corrected chi connectivity index (χ3v) is 4.46. The lowest BCUT2D eigenvalue weighted by molar-refractivity contribution is 0.139. The van der Waals surface area contributed by atoms with Gasteiger partial charge < -0.3 is 15.0 Å². The van der Waals surface area contributed by atoms with Crippen LogP contribution in [-0.2, 0) is 19.4 Å².